The van der Waals surface area contributed by atoms with E-state index in [-0.39, 0.29) is 0 Å². The molecule has 0 unspecified atom stereocenters. The Bertz CT molecular complexity index is 1030. The number of hydrogen-bond donors (Lipinski definition) is 3. The average molecular weight is 475 g/mol. The number of H-pyrrole nitrogens is 2. The van der Waals surface area contributed by atoms with E-state index in [0.29, 0.717) is 0 Å². The van der Waals surface area contributed by atoms with Crippen LogP contribution in [0.25, 0.3) is 22.1 Å². The molecule has 1 fully saturated rings. The Balaban J connectivity index is 0.000000153. The number of nitrogens with zero attached hydrogens (tertiary/aromatic N) is 5. The Hall–Kier alpha value is -2.11. The fraction of sp³-hybridized carbons (Fsp3) is 0.333. The molecule has 0 bridgehead atoms. The molecule has 5 heterocycles. The third-order valence-corrected chi connectivity index (χ3v) is 4.41. The van der Waals surface area contributed by atoms with Gasteiger partial charge in [-0.2, -0.15) is 0 Å². The maximum atomic E-state index is 4.94. The van der Waals surface area contributed by atoms with Gasteiger partial charge in [0, 0.05) is 47.9 Å². The molecule has 4 aromatic rings. The molecule has 5 rings (SSSR count). The van der Waals surface area contributed by atoms with Crippen molar-refractivity contribution in [1.82, 2.24) is 29.9 Å². The molecule has 0 amide bonds. The SMILES string of the molecule is C1CCOC1.Cc1ncc2c(Br)c[nH]c2n1.Cc1ncc2cc[nH]c2n1.[B]=NS. The second-order valence-corrected chi connectivity index (χ2v) is 7.04. The topological polar surface area (TPSA) is 105 Å². The van der Waals surface area contributed by atoms with Gasteiger partial charge in [-0.05, 0) is 48.7 Å². The molecule has 1 radical (unpaired) electrons. The molecule has 4 aromatic heterocycles. The Kier molecular flexibility index (Phi) is 9.95. The summed E-state index contributed by atoms with van der Waals surface area (Å²) < 4.78 is 8.65. The quantitative estimate of drug-likeness (QED) is 0.260. The molecule has 0 aliphatic carbocycles. The van der Waals surface area contributed by atoms with Gasteiger partial charge in [0.15, 0.2) is 0 Å². The van der Waals surface area contributed by atoms with Crippen molar-refractivity contribution in [2.45, 2.75) is 26.7 Å². The number of hydrogen-bond acceptors (Lipinski definition) is 7. The van der Waals surface area contributed by atoms with Gasteiger partial charge in [-0.25, -0.2) is 19.9 Å². The normalized spacial score (nSPS) is 12.2. The zero-order valence-corrected chi connectivity index (χ0v) is 18.7. The first-order valence-electron chi connectivity index (χ1n) is 8.90. The molecule has 0 atom stereocenters. The number of thiol groups is 1. The number of nitrogens with one attached hydrogen (secondary N) is 2. The molecule has 0 spiro atoms. The average Bonchev–Trinajstić information content (AvgIpc) is 3.46. The Morgan fingerprint density at radius 3 is 2.31 bits per heavy atom. The van der Waals surface area contributed by atoms with Crippen LogP contribution in [-0.4, -0.2) is 50.8 Å². The molecule has 8 nitrogen and oxygen atoms in total. The van der Waals surface area contributed by atoms with E-state index < -0.39 is 0 Å². The summed E-state index contributed by atoms with van der Waals surface area (Å²) in [4.78, 5) is 22.5. The monoisotopic (exact) mass is 474 g/mol. The van der Waals surface area contributed by atoms with Gasteiger partial charge >= 0.3 is 24.8 Å². The van der Waals surface area contributed by atoms with Crippen molar-refractivity contribution in [3.63, 3.8) is 0 Å². The van der Waals surface area contributed by atoms with Crippen molar-refractivity contribution in [2.75, 3.05) is 13.2 Å². The Labute approximate surface area is 184 Å². The molecule has 0 aromatic carbocycles. The van der Waals surface area contributed by atoms with Crippen molar-refractivity contribution in [1.29, 1.82) is 0 Å². The molecule has 0 saturated carbocycles. The third-order valence-electron chi connectivity index (χ3n) is 3.75. The molecule has 1 aliphatic rings. The van der Waals surface area contributed by atoms with E-state index in [1.807, 2.05) is 38.5 Å². The number of halogens is 1. The van der Waals surface area contributed by atoms with Crippen molar-refractivity contribution in [3.8, 4) is 0 Å². The van der Waals surface area contributed by atoms with E-state index in [9.17, 15) is 0 Å². The predicted octanol–water partition coefficient (Wildman–Crippen LogP) is 4.28. The van der Waals surface area contributed by atoms with Crippen LogP contribution < -0.4 is 0 Å². The minimum atomic E-state index is 0.784. The first-order chi connectivity index (χ1) is 14.0. The summed E-state index contributed by atoms with van der Waals surface area (Å²) in [6, 6.07) is 1.95. The van der Waals surface area contributed by atoms with Gasteiger partial charge in [0.25, 0.3) is 0 Å². The van der Waals surface area contributed by atoms with E-state index in [1.54, 1.807) is 6.20 Å². The second kappa shape index (κ2) is 12.5. The predicted molar refractivity (Wildman–Crippen MR) is 122 cm³/mol. The summed E-state index contributed by atoms with van der Waals surface area (Å²) in [5.41, 5.74) is 1.79. The van der Waals surface area contributed by atoms with E-state index in [0.717, 1.165) is 51.4 Å². The molecule has 1 aliphatic heterocycles. The van der Waals surface area contributed by atoms with Gasteiger partial charge in [0.2, 0.25) is 0 Å². The minimum absolute atomic E-state index is 0.784. The van der Waals surface area contributed by atoms with Crippen LogP contribution in [-0.2, 0) is 4.74 Å². The van der Waals surface area contributed by atoms with E-state index >= 15 is 0 Å². The van der Waals surface area contributed by atoms with Gasteiger partial charge < -0.3 is 14.7 Å². The van der Waals surface area contributed by atoms with Crippen molar-refractivity contribution in [2.24, 2.45) is 4.30 Å². The van der Waals surface area contributed by atoms with Gasteiger partial charge in [0.05, 0.1) is 5.39 Å². The summed E-state index contributed by atoms with van der Waals surface area (Å²) in [6.07, 6.45) is 9.89. The summed E-state index contributed by atoms with van der Waals surface area (Å²) in [5.74, 6) is 1.59. The molecular formula is C18H22BBrN7OS. The molecule has 2 N–H and O–H groups in total. The van der Waals surface area contributed by atoms with Gasteiger partial charge in [-0.1, -0.05) is 0 Å². The van der Waals surface area contributed by atoms with Crippen LogP contribution in [0.15, 0.2) is 39.6 Å². The Morgan fingerprint density at radius 2 is 1.69 bits per heavy atom. The molecule has 1 saturated heterocycles. The van der Waals surface area contributed by atoms with Gasteiger partial charge in [0.1, 0.15) is 22.9 Å². The number of fused-ring (bicyclic) bond motifs is 2. The molecule has 151 valence electrons. The van der Waals surface area contributed by atoms with Gasteiger partial charge in [-0.15, -0.1) is 0 Å². The van der Waals surface area contributed by atoms with E-state index in [4.69, 9.17) is 4.74 Å². The fourth-order valence-electron chi connectivity index (χ4n) is 2.40. The maximum absolute atomic E-state index is 4.94. The Morgan fingerprint density at radius 1 is 1.07 bits per heavy atom. The zero-order valence-electron chi connectivity index (χ0n) is 16.3. The van der Waals surface area contributed by atoms with Crippen molar-refractivity contribution >= 4 is 58.5 Å². The van der Waals surface area contributed by atoms with Crippen LogP contribution in [0.4, 0.5) is 0 Å². The number of aromatic nitrogens is 6. The van der Waals surface area contributed by atoms with Crippen molar-refractivity contribution in [3.05, 3.63) is 47.0 Å². The van der Waals surface area contributed by atoms with Gasteiger partial charge in [-0.3, -0.25) is 0 Å². The first-order valence-corrected chi connectivity index (χ1v) is 10.1. The van der Waals surface area contributed by atoms with Crippen LogP contribution in [0.3, 0.4) is 0 Å². The zero-order chi connectivity index (χ0) is 21.1. The van der Waals surface area contributed by atoms with E-state index in [1.165, 1.54) is 12.8 Å². The number of aromatic amines is 2. The first kappa shape index (κ1) is 23.2. The van der Waals surface area contributed by atoms with Crippen LogP contribution in [0.1, 0.15) is 24.5 Å². The fourth-order valence-corrected chi connectivity index (χ4v) is 2.81. The number of ether oxygens (including phenoxy) is 1. The van der Waals surface area contributed by atoms with Crippen LogP contribution in [0.2, 0.25) is 0 Å². The third kappa shape index (κ3) is 7.67. The molecule has 11 heteroatoms. The second-order valence-electron chi connectivity index (χ2n) is 5.95. The number of rotatable bonds is 0. The van der Waals surface area contributed by atoms with Crippen molar-refractivity contribution < 1.29 is 4.74 Å². The standard InChI is InChI=1S/C7H6BrN3.C7H7N3.C4H8O.BHNS/c1-4-9-2-5-6(8)3-10-7(5)11-4;1-5-9-4-6-2-3-8-7(6)10-5;1-2-4-5-3-1;1-2-3/h2-3H,1H3,(H,9,10,11);2-4H,1H3,(H,8,9,10);1-4H2;3H. The van der Waals surface area contributed by atoms with Crippen LogP contribution in [0, 0.1) is 13.8 Å². The number of aryl methyl sites for hydroxylation is 2. The van der Waals surface area contributed by atoms with Crippen LogP contribution in [0.5, 0.6) is 0 Å². The summed E-state index contributed by atoms with van der Waals surface area (Å²) in [6.45, 7) is 5.74. The van der Waals surface area contributed by atoms with Crippen LogP contribution >= 0.6 is 28.7 Å². The molecule has 29 heavy (non-hydrogen) atoms. The summed E-state index contributed by atoms with van der Waals surface area (Å²) in [7, 11) is 4.34. The van der Waals surface area contributed by atoms with E-state index in [2.05, 4.69) is 70.6 Å². The molecular weight excluding hydrogens is 453 g/mol. The summed E-state index contributed by atoms with van der Waals surface area (Å²) in [5, 5.41) is 2.08. The summed E-state index contributed by atoms with van der Waals surface area (Å²) >= 11 is 6.57.